The number of hydrogen-bond acceptors (Lipinski definition) is 4. The van der Waals surface area contributed by atoms with Crippen molar-refractivity contribution in [2.24, 2.45) is 0 Å². The van der Waals surface area contributed by atoms with Crippen LogP contribution >= 0.6 is 0 Å². The van der Waals surface area contributed by atoms with Crippen molar-refractivity contribution < 1.29 is 4.74 Å². The number of methoxy groups -OCH3 is 1. The minimum Gasteiger partial charge on any atom is -0.497 e. The maximum Gasteiger partial charge on any atom is 0.121 e. The number of nitrogens with zero attached hydrogens (tertiary/aromatic N) is 2. The molecule has 0 amide bonds. The Bertz CT molecular complexity index is 400. The Morgan fingerprint density at radius 1 is 1.33 bits per heavy atom. The lowest BCUT2D eigenvalue weighted by Crippen LogP contribution is -2.42. The van der Waals surface area contributed by atoms with E-state index in [1.54, 1.807) is 7.11 Å². The summed E-state index contributed by atoms with van der Waals surface area (Å²) in [4.78, 5) is 4.68. The van der Waals surface area contributed by atoms with Crippen LogP contribution in [0.3, 0.4) is 0 Å². The van der Waals surface area contributed by atoms with E-state index < -0.39 is 0 Å². The highest BCUT2D eigenvalue weighted by molar-refractivity contribution is 5.69. The van der Waals surface area contributed by atoms with Crippen LogP contribution in [0.25, 0.3) is 0 Å². The molecule has 0 unspecified atom stereocenters. The topological polar surface area (TPSA) is 41.7 Å². The van der Waals surface area contributed by atoms with Crippen molar-refractivity contribution in [2.75, 3.05) is 44.9 Å². The molecule has 1 aliphatic heterocycles. The summed E-state index contributed by atoms with van der Waals surface area (Å²) in [6, 6.07) is 6.49. The maximum absolute atomic E-state index is 6.10. The van der Waals surface area contributed by atoms with Crippen LogP contribution in [0.15, 0.2) is 18.2 Å². The number of nitrogens with two attached hydrogens (primary N) is 1. The van der Waals surface area contributed by atoms with Crippen molar-refractivity contribution >= 4 is 11.4 Å². The molecule has 1 aromatic rings. The molecule has 0 radical (unpaired) electrons. The van der Waals surface area contributed by atoms with Gasteiger partial charge in [0.05, 0.1) is 18.5 Å². The molecule has 2 N–H and O–H groups in total. The molecule has 0 aromatic heterocycles. The molecule has 0 bridgehead atoms. The lowest BCUT2D eigenvalue weighted by atomic mass is 10.0. The third-order valence-corrected chi connectivity index (χ3v) is 3.85. The zero-order valence-electron chi connectivity index (χ0n) is 11.5. The van der Waals surface area contributed by atoms with Gasteiger partial charge in [0.15, 0.2) is 0 Å². The van der Waals surface area contributed by atoms with Crippen LogP contribution in [0.1, 0.15) is 12.8 Å². The molecule has 0 aliphatic carbocycles. The summed E-state index contributed by atoms with van der Waals surface area (Å²) in [5.41, 5.74) is 7.99. The van der Waals surface area contributed by atoms with E-state index in [4.69, 9.17) is 10.5 Å². The van der Waals surface area contributed by atoms with Gasteiger partial charge in [0, 0.05) is 19.2 Å². The van der Waals surface area contributed by atoms with Crippen LogP contribution in [-0.4, -0.2) is 45.2 Å². The first-order chi connectivity index (χ1) is 8.61. The summed E-state index contributed by atoms with van der Waals surface area (Å²) in [5.74, 6) is 0.813. The second kappa shape index (κ2) is 5.48. The summed E-state index contributed by atoms with van der Waals surface area (Å²) in [7, 11) is 5.97. The zero-order chi connectivity index (χ0) is 13.1. The van der Waals surface area contributed by atoms with Gasteiger partial charge in [-0.2, -0.15) is 0 Å². The van der Waals surface area contributed by atoms with Crippen molar-refractivity contribution in [2.45, 2.75) is 18.9 Å². The molecular weight excluding hydrogens is 226 g/mol. The van der Waals surface area contributed by atoms with E-state index in [1.807, 2.05) is 18.2 Å². The van der Waals surface area contributed by atoms with Crippen LogP contribution in [0.4, 0.5) is 11.4 Å². The lowest BCUT2D eigenvalue weighted by molar-refractivity contribution is 0.253. The maximum atomic E-state index is 6.10. The average molecular weight is 249 g/mol. The molecule has 1 heterocycles. The predicted molar refractivity (Wildman–Crippen MR) is 76.3 cm³/mol. The molecule has 1 saturated heterocycles. The Hall–Kier alpha value is -1.42. The third kappa shape index (κ3) is 2.70. The molecule has 0 spiro atoms. The Labute approximate surface area is 109 Å². The molecule has 2 rings (SSSR count). The van der Waals surface area contributed by atoms with Gasteiger partial charge < -0.3 is 20.3 Å². The van der Waals surface area contributed by atoms with Crippen LogP contribution in [0, 0.1) is 0 Å². The van der Waals surface area contributed by atoms with Gasteiger partial charge in [-0.3, -0.25) is 0 Å². The van der Waals surface area contributed by atoms with E-state index in [1.165, 1.54) is 12.8 Å². The summed E-state index contributed by atoms with van der Waals surface area (Å²) >= 11 is 0. The molecular formula is C14H23N3O. The van der Waals surface area contributed by atoms with Crippen LogP contribution < -0.4 is 15.4 Å². The minimum atomic E-state index is 0.580. The monoisotopic (exact) mass is 249 g/mol. The quantitative estimate of drug-likeness (QED) is 0.830. The number of piperidine rings is 1. The number of benzene rings is 1. The highest BCUT2D eigenvalue weighted by Gasteiger charge is 2.21. The van der Waals surface area contributed by atoms with E-state index in [2.05, 4.69) is 23.9 Å². The SMILES string of the molecule is COc1ccc(N(C)C2CCN(C)CC2)c(N)c1. The van der Waals surface area contributed by atoms with E-state index in [0.29, 0.717) is 6.04 Å². The molecule has 1 aliphatic rings. The number of nitrogen functional groups attached to an aromatic ring is 1. The Morgan fingerprint density at radius 3 is 2.56 bits per heavy atom. The molecule has 0 saturated carbocycles. The summed E-state index contributed by atoms with van der Waals surface area (Å²) < 4.78 is 5.18. The van der Waals surface area contributed by atoms with Crippen LogP contribution in [-0.2, 0) is 0 Å². The van der Waals surface area contributed by atoms with Crippen LogP contribution in [0.2, 0.25) is 0 Å². The van der Waals surface area contributed by atoms with Gasteiger partial charge in [-0.1, -0.05) is 0 Å². The van der Waals surface area contributed by atoms with Gasteiger partial charge in [-0.25, -0.2) is 0 Å². The number of ether oxygens (including phenoxy) is 1. The normalized spacial score (nSPS) is 17.7. The van der Waals surface area contributed by atoms with Gasteiger partial charge in [-0.05, 0) is 45.1 Å². The van der Waals surface area contributed by atoms with E-state index in [0.717, 1.165) is 30.2 Å². The first-order valence-corrected chi connectivity index (χ1v) is 6.46. The number of rotatable bonds is 3. The Morgan fingerprint density at radius 2 is 2.00 bits per heavy atom. The highest BCUT2D eigenvalue weighted by Crippen LogP contribution is 2.30. The second-order valence-electron chi connectivity index (χ2n) is 5.07. The molecule has 0 atom stereocenters. The number of hydrogen-bond donors (Lipinski definition) is 1. The van der Waals surface area contributed by atoms with Gasteiger partial charge in [-0.15, -0.1) is 0 Å². The summed E-state index contributed by atoms with van der Waals surface area (Å²) in [6.07, 6.45) is 2.39. The van der Waals surface area contributed by atoms with Gasteiger partial charge in [0.2, 0.25) is 0 Å². The van der Waals surface area contributed by atoms with Gasteiger partial charge in [0.1, 0.15) is 5.75 Å². The number of likely N-dealkylation sites (tertiary alicyclic amines) is 1. The van der Waals surface area contributed by atoms with Crippen molar-refractivity contribution in [3.8, 4) is 5.75 Å². The fourth-order valence-electron chi connectivity index (χ4n) is 2.56. The Kier molecular flexibility index (Phi) is 3.97. The predicted octanol–water partition coefficient (Wildman–Crippen LogP) is 1.81. The molecule has 100 valence electrons. The first-order valence-electron chi connectivity index (χ1n) is 6.46. The smallest absolute Gasteiger partial charge is 0.121 e. The lowest BCUT2D eigenvalue weighted by Gasteiger charge is -2.36. The molecule has 4 heteroatoms. The van der Waals surface area contributed by atoms with Crippen molar-refractivity contribution in [1.82, 2.24) is 4.90 Å². The fourth-order valence-corrected chi connectivity index (χ4v) is 2.56. The number of anilines is 2. The Balaban J connectivity index is 2.11. The van der Waals surface area contributed by atoms with Gasteiger partial charge in [0.25, 0.3) is 0 Å². The average Bonchev–Trinajstić information content (AvgIpc) is 2.38. The van der Waals surface area contributed by atoms with Crippen molar-refractivity contribution in [3.05, 3.63) is 18.2 Å². The second-order valence-corrected chi connectivity index (χ2v) is 5.07. The largest absolute Gasteiger partial charge is 0.497 e. The highest BCUT2D eigenvalue weighted by atomic mass is 16.5. The molecule has 18 heavy (non-hydrogen) atoms. The van der Waals surface area contributed by atoms with Crippen LogP contribution in [0.5, 0.6) is 5.75 Å². The summed E-state index contributed by atoms with van der Waals surface area (Å²) in [5, 5.41) is 0. The standard InChI is InChI=1S/C14H23N3O/c1-16-8-6-11(7-9-16)17(2)14-5-4-12(18-3)10-13(14)15/h4-5,10-11H,6-9,15H2,1-3H3. The van der Waals surface area contributed by atoms with E-state index in [9.17, 15) is 0 Å². The van der Waals surface area contributed by atoms with Gasteiger partial charge >= 0.3 is 0 Å². The molecule has 1 aromatic carbocycles. The van der Waals surface area contributed by atoms with Crippen molar-refractivity contribution in [1.29, 1.82) is 0 Å². The molecule has 4 nitrogen and oxygen atoms in total. The van der Waals surface area contributed by atoms with Crippen molar-refractivity contribution in [3.63, 3.8) is 0 Å². The summed E-state index contributed by atoms with van der Waals surface area (Å²) in [6.45, 7) is 2.32. The first kappa shape index (κ1) is 13.0. The molecule has 1 fully saturated rings. The fraction of sp³-hybridized carbons (Fsp3) is 0.571. The zero-order valence-corrected chi connectivity index (χ0v) is 11.5. The van der Waals surface area contributed by atoms with E-state index >= 15 is 0 Å². The third-order valence-electron chi connectivity index (χ3n) is 3.85. The minimum absolute atomic E-state index is 0.580. The van der Waals surface area contributed by atoms with E-state index in [-0.39, 0.29) is 0 Å².